The zero-order chi connectivity index (χ0) is 20.6. The number of nitrogens with one attached hydrogen (secondary N) is 2. The molecular weight excluding hydrogens is 368 g/mol. The Labute approximate surface area is 169 Å². The molecule has 3 aromatic rings. The standard InChI is InChI=1S/C22H22N4O3/c1-3-15-9-5-7-11-17(15)26-21(27)19-13-20(24-14-23-19)25-18-12-8-6-10-16(18)22(28)29-4-2/h5-14H,3-4H2,1-2H3,(H,26,27)(H,23,24,25). The minimum Gasteiger partial charge on any atom is -0.462 e. The second kappa shape index (κ2) is 9.45. The molecule has 29 heavy (non-hydrogen) atoms. The summed E-state index contributed by atoms with van der Waals surface area (Å²) in [5.74, 6) is -0.375. The summed E-state index contributed by atoms with van der Waals surface area (Å²) < 4.78 is 5.08. The minimum atomic E-state index is -0.432. The van der Waals surface area contributed by atoms with Crippen LogP contribution in [0.5, 0.6) is 0 Å². The molecule has 2 N–H and O–H groups in total. The first-order chi connectivity index (χ1) is 14.1. The van der Waals surface area contributed by atoms with Crippen LogP contribution in [0, 0.1) is 0 Å². The molecule has 148 valence electrons. The number of hydrogen-bond acceptors (Lipinski definition) is 6. The second-order valence-corrected chi connectivity index (χ2v) is 6.14. The molecular formula is C22H22N4O3. The van der Waals surface area contributed by atoms with Crippen molar-refractivity contribution < 1.29 is 14.3 Å². The summed E-state index contributed by atoms with van der Waals surface area (Å²) in [4.78, 5) is 33.0. The van der Waals surface area contributed by atoms with E-state index < -0.39 is 5.97 Å². The third-order valence-corrected chi connectivity index (χ3v) is 4.23. The Bertz CT molecular complexity index is 1020. The lowest BCUT2D eigenvalue weighted by atomic mass is 10.1. The molecule has 3 rings (SSSR count). The van der Waals surface area contributed by atoms with Gasteiger partial charge in [0, 0.05) is 11.8 Å². The molecule has 1 amide bonds. The van der Waals surface area contributed by atoms with Crippen molar-refractivity contribution in [2.75, 3.05) is 17.2 Å². The first-order valence-corrected chi connectivity index (χ1v) is 9.36. The summed E-state index contributed by atoms with van der Waals surface area (Å²) in [5, 5.41) is 5.95. The van der Waals surface area contributed by atoms with Crippen molar-refractivity contribution in [1.82, 2.24) is 9.97 Å². The predicted molar refractivity (Wildman–Crippen MR) is 111 cm³/mol. The summed E-state index contributed by atoms with van der Waals surface area (Å²) in [6, 6.07) is 16.1. The molecule has 0 aliphatic carbocycles. The number of hydrogen-bond donors (Lipinski definition) is 2. The first-order valence-electron chi connectivity index (χ1n) is 9.36. The van der Waals surface area contributed by atoms with Gasteiger partial charge in [0.25, 0.3) is 5.91 Å². The molecule has 0 saturated heterocycles. The number of esters is 1. The van der Waals surface area contributed by atoms with Gasteiger partial charge in [0.2, 0.25) is 0 Å². The molecule has 0 radical (unpaired) electrons. The fraction of sp³-hybridized carbons (Fsp3) is 0.182. The fourth-order valence-corrected chi connectivity index (χ4v) is 2.80. The van der Waals surface area contributed by atoms with Crippen LogP contribution in [0.25, 0.3) is 0 Å². The van der Waals surface area contributed by atoms with Crippen LogP contribution >= 0.6 is 0 Å². The number of aryl methyl sites for hydroxylation is 1. The largest absolute Gasteiger partial charge is 0.462 e. The highest BCUT2D eigenvalue weighted by Crippen LogP contribution is 2.21. The Morgan fingerprint density at radius 2 is 1.69 bits per heavy atom. The second-order valence-electron chi connectivity index (χ2n) is 6.14. The van der Waals surface area contributed by atoms with E-state index >= 15 is 0 Å². The monoisotopic (exact) mass is 390 g/mol. The Hall–Kier alpha value is -3.74. The average molecular weight is 390 g/mol. The smallest absolute Gasteiger partial charge is 0.340 e. The summed E-state index contributed by atoms with van der Waals surface area (Å²) in [5.41, 5.74) is 2.92. The number of anilines is 3. The van der Waals surface area contributed by atoms with Crippen LogP contribution < -0.4 is 10.6 Å². The highest BCUT2D eigenvalue weighted by atomic mass is 16.5. The van der Waals surface area contributed by atoms with Gasteiger partial charge in [-0.05, 0) is 37.1 Å². The van der Waals surface area contributed by atoms with Crippen LogP contribution in [-0.4, -0.2) is 28.5 Å². The van der Waals surface area contributed by atoms with Gasteiger partial charge in [-0.3, -0.25) is 4.79 Å². The van der Waals surface area contributed by atoms with Crippen LogP contribution in [0.3, 0.4) is 0 Å². The molecule has 1 heterocycles. The van der Waals surface area contributed by atoms with Crippen molar-refractivity contribution >= 4 is 29.1 Å². The first kappa shape index (κ1) is 20.0. The van der Waals surface area contributed by atoms with Gasteiger partial charge in [-0.1, -0.05) is 37.3 Å². The van der Waals surface area contributed by atoms with E-state index in [0.29, 0.717) is 17.1 Å². The van der Waals surface area contributed by atoms with Gasteiger partial charge in [-0.2, -0.15) is 0 Å². The predicted octanol–water partition coefficient (Wildman–Crippen LogP) is 4.21. The quantitative estimate of drug-likeness (QED) is 0.587. The Morgan fingerprint density at radius 1 is 0.966 bits per heavy atom. The topological polar surface area (TPSA) is 93.2 Å². The summed E-state index contributed by atoms with van der Waals surface area (Å²) in [7, 11) is 0. The lowest BCUT2D eigenvalue weighted by Crippen LogP contribution is -2.15. The van der Waals surface area contributed by atoms with Crippen LogP contribution in [0.2, 0.25) is 0 Å². The maximum Gasteiger partial charge on any atom is 0.340 e. The third kappa shape index (κ3) is 4.95. The molecule has 0 saturated carbocycles. The molecule has 0 bridgehead atoms. The third-order valence-electron chi connectivity index (χ3n) is 4.23. The van der Waals surface area contributed by atoms with Crippen molar-refractivity contribution in [3.8, 4) is 0 Å². The number of aromatic nitrogens is 2. The molecule has 7 nitrogen and oxygen atoms in total. The molecule has 0 spiro atoms. The van der Waals surface area contributed by atoms with Gasteiger partial charge < -0.3 is 15.4 Å². The molecule has 1 aromatic heterocycles. The summed E-state index contributed by atoms with van der Waals surface area (Å²) in [6.45, 7) is 4.06. The number of rotatable bonds is 7. The van der Waals surface area contributed by atoms with Crippen LogP contribution in [0.15, 0.2) is 60.9 Å². The molecule has 0 unspecified atom stereocenters. The van der Waals surface area contributed by atoms with E-state index in [9.17, 15) is 9.59 Å². The summed E-state index contributed by atoms with van der Waals surface area (Å²) >= 11 is 0. The molecule has 2 aromatic carbocycles. The van der Waals surface area contributed by atoms with Gasteiger partial charge in [-0.15, -0.1) is 0 Å². The lowest BCUT2D eigenvalue weighted by molar-refractivity contribution is 0.0527. The maximum absolute atomic E-state index is 12.6. The number of nitrogens with zero attached hydrogens (tertiary/aromatic N) is 2. The molecule has 0 aliphatic rings. The number of para-hydroxylation sites is 2. The van der Waals surface area contributed by atoms with Crippen LogP contribution in [-0.2, 0) is 11.2 Å². The van der Waals surface area contributed by atoms with Crippen molar-refractivity contribution in [2.45, 2.75) is 20.3 Å². The van der Waals surface area contributed by atoms with E-state index in [0.717, 1.165) is 17.7 Å². The maximum atomic E-state index is 12.6. The van der Waals surface area contributed by atoms with Crippen molar-refractivity contribution in [2.24, 2.45) is 0 Å². The number of ether oxygens (including phenoxy) is 1. The zero-order valence-electron chi connectivity index (χ0n) is 16.3. The number of carbonyl (C=O) groups is 2. The zero-order valence-corrected chi connectivity index (χ0v) is 16.3. The highest BCUT2D eigenvalue weighted by Gasteiger charge is 2.14. The molecule has 0 aliphatic heterocycles. The van der Waals surface area contributed by atoms with E-state index in [1.54, 1.807) is 31.2 Å². The van der Waals surface area contributed by atoms with Crippen molar-refractivity contribution in [3.63, 3.8) is 0 Å². The van der Waals surface area contributed by atoms with Gasteiger partial charge in [0.15, 0.2) is 0 Å². The minimum absolute atomic E-state index is 0.210. The number of benzene rings is 2. The van der Waals surface area contributed by atoms with Gasteiger partial charge in [-0.25, -0.2) is 14.8 Å². The molecule has 0 fully saturated rings. The molecule has 7 heteroatoms. The SMILES string of the molecule is CCOC(=O)c1ccccc1Nc1cc(C(=O)Nc2ccccc2CC)ncn1. The normalized spacial score (nSPS) is 10.3. The van der Waals surface area contributed by atoms with Crippen LogP contribution in [0.4, 0.5) is 17.2 Å². The van der Waals surface area contributed by atoms with Gasteiger partial charge in [0.05, 0.1) is 17.9 Å². The average Bonchev–Trinajstić information content (AvgIpc) is 2.75. The van der Waals surface area contributed by atoms with Crippen molar-refractivity contribution in [1.29, 1.82) is 0 Å². The summed E-state index contributed by atoms with van der Waals surface area (Å²) in [6.07, 6.45) is 2.10. The van der Waals surface area contributed by atoms with E-state index in [4.69, 9.17) is 4.74 Å². The van der Waals surface area contributed by atoms with Gasteiger partial charge >= 0.3 is 5.97 Å². The van der Waals surface area contributed by atoms with E-state index in [1.165, 1.54) is 12.4 Å². The Morgan fingerprint density at radius 3 is 2.45 bits per heavy atom. The number of amides is 1. The number of carbonyl (C=O) groups excluding carboxylic acids is 2. The van der Waals surface area contributed by atoms with Crippen molar-refractivity contribution in [3.05, 3.63) is 77.7 Å². The van der Waals surface area contributed by atoms with Crippen LogP contribution in [0.1, 0.15) is 40.3 Å². The molecule has 0 atom stereocenters. The van der Waals surface area contributed by atoms with E-state index in [1.807, 2.05) is 31.2 Å². The fourth-order valence-electron chi connectivity index (χ4n) is 2.80. The van der Waals surface area contributed by atoms with Gasteiger partial charge in [0.1, 0.15) is 17.8 Å². The van der Waals surface area contributed by atoms with E-state index in [2.05, 4.69) is 20.6 Å². The highest BCUT2D eigenvalue weighted by molar-refractivity contribution is 6.03. The van der Waals surface area contributed by atoms with E-state index in [-0.39, 0.29) is 18.2 Å². The Balaban J connectivity index is 1.80. The Kier molecular flexibility index (Phi) is 6.52. The lowest BCUT2D eigenvalue weighted by Gasteiger charge is -2.12.